The van der Waals surface area contributed by atoms with Crippen molar-refractivity contribution in [3.8, 4) is 0 Å². The molecule has 3 rings (SSSR count). The minimum absolute atomic E-state index is 0.0947. The SMILES string of the molecule is CN(C)NC(=O)C1(c2c[nH]c3ccccc23)CC1. The van der Waals surface area contributed by atoms with Crippen molar-refractivity contribution in [2.75, 3.05) is 14.1 Å². The van der Waals surface area contributed by atoms with E-state index in [2.05, 4.69) is 16.5 Å². The van der Waals surface area contributed by atoms with Crippen molar-refractivity contribution >= 4 is 16.8 Å². The molecule has 1 aliphatic carbocycles. The second-order valence-corrected chi connectivity index (χ2v) is 5.17. The standard InChI is InChI=1S/C14H17N3O/c1-17(2)16-13(18)14(7-8-14)11-9-15-12-6-4-3-5-10(11)12/h3-6,9,15H,7-8H2,1-2H3,(H,16,18). The number of aromatic nitrogens is 1. The van der Waals surface area contributed by atoms with E-state index in [-0.39, 0.29) is 11.3 Å². The number of rotatable bonds is 3. The lowest BCUT2D eigenvalue weighted by molar-refractivity contribution is -0.127. The summed E-state index contributed by atoms with van der Waals surface area (Å²) in [5.74, 6) is 0.0947. The highest BCUT2D eigenvalue weighted by molar-refractivity contribution is 5.97. The fourth-order valence-corrected chi connectivity index (χ4v) is 2.52. The van der Waals surface area contributed by atoms with Crippen LogP contribution in [0.15, 0.2) is 30.5 Å². The van der Waals surface area contributed by atoms with E-state index in [1.54, 1.807) is 5.01 Å². The molecule has 1 aromatic carbocycles. The molecule has 1 aromatic heterocycles. The first kappa shape index (κ1) is 11.3. The number of aromatic amines is 1. The molecule has 1 saturated carbocycles. The minimum Gasteiger partial charge on any atom is -0.361 e. The summed E-state index contributed by atoms with van der Waals surface area (Å²) in [6, 6.07) is 8.13. The van der Waals surface area contributed by atoms with Gasteiger partial charge in [-0.15, -0.1) is 0 Å². The predicted octanol–water partition coefficient (Wildman–Crippen LogP) is 1.79. The van der Waals surface area contributed by atoms with E-state index >= 15 is 0 Å². The minimum atomic E-state index is -0.329. The fourth-order valence-electron chi connectivity index (χ4n) is 2.52. The highest BCUT2D eigenvalue weighted by Crippen LogP contribution is 2.50. The van der Waals surface area contributed by atoms with Gasteiger partial charge in [0.2, 0.25) is 5.91 Å². The van der Waals surface area contributed by atoms with Crippen LogP contribution in [0.25, 0.3) is 10.9 Å². The van der Waals surface area contributed by atoms with Gasteiger partial charge in [-0.05, 0) is 24.5 Å². The summed E-state index contributed by atoms with van der Waals surface area (Å²) in [6.45, 7) is 0. The van der Waals surface area contributed by atoms with Crippen LogP contribution in [0.5, 0.6) is 0 Å². The van der Waals surface area contributed by atoms with Crippen LogP contribution in [0.3, 0.4) is 0 Å². The Morgan fingerprint density at radius 2 is 2.06 bits per heavy atom. The van der Waals surface area contributed by atoms with Gasteiger partial charge in [0, 0.05) is 31.2 Å². The summed E-state index contributed by atoms with van der Waals surface area (Å²) in [7, 11) is 3.67. The average molecular weight is 243 g/mol. The molecule has 0 radical (unpaired) electrons. The van der Waals surface area contributed by atoms with Gasteiger partial charge >= 0.3 is 0 Å². The number of fused-ring (bicyclic) bond motifs is 1. The molecule has 4 nitrogen and oxygen atoms in total. The summed E-state index contributed by atoms with van der Waals surface area (Å²) in [5.41, 5.74) is 4.77. The van der Waals surface area contributed by atoms with Crippen molar-refractivity contribution in [3.05, 3.63) is 36.0 Å². The second kappa shape index (κ2) is 3.85. The number of hydrogen-bond donors (Lipinski definition) is 2. The number of nitrogens with zero attached hydrogens (tertiary/aromatic N) is 1. The number of carbonyl (C=O) groups excluding carboxylic acids is 1. The van der Waals surface area contributed by atoms with Crippen LogP contribution >= 0.6 is 0 Å². The number of benzene rings is 1. The van der Waals surface area contributed by atoms with Gasteiger partial charge in [-0.2, -0.15) is 0 Å². The molecule has 0 unspecified atom stereocenters. The highest BCUT2D eigenvalue weighted by atomic mass is 16.2. The number of para-hydroxylation sites is 1. The molecule has 0 saturated heterocycles. The number of hydrogen-bond acceptors (Lipinski definition) is 2. The van der Waals surface area contributed by atoms with Crippen molar-refractivity contribution in [3.63, 3.8) is 0 Å². The molecule has 2 N–H and O–H groups in total. The fraction of sp³-hybridized carbons (Fsp3) is 0.357. The quantitative estimate of drug-likeness (QED) is 0.807. The van der Waals surface area contributed by atoms with Crippen molar-refractivity contribution in [2.24, 2.45) is 0 Å². The van der Waals surface area contributed by atoms with Gasteiger partial charge in [-0.1, -0.05) is 18.2 Å². The number of nitrogens with one attached hydrogen (secondary N) is 2. The number of amides is 1. The molecular formula is C14H17N3O. The lowest BCUT2D eigenvalue weighted by Gasteiger charge is -2.18. The zero-order valence-corrected chi connectivity index (χ0v) is 10.7. The molecule has 0 atom stereocenters. The normalized spacial score (nSPS) is 17.1. The maximum atomic E-state index is 12.3. The third-order valence-electron chi connectivity index (χ3n) is 3.61. The molecular weight excluding hydrogens is 226 g/mol. The average Bonchev–Trinajstić information content (AvgIpc) is 3.03. The van der Waals surface area contributed by atoms with Crippen molar-refractivity contribution in [1.82, 2.24) is 15.4 Å². The lowest BCUT2D eigenvalue weighted by atomic mass is 9.95. The Labute approximate surface area is 106 Å². The van der Waals surface area contributed by atoms with Crippen LogP contribution < -0.4 is 5.43 Å². The molecule has 0 bridgehead atoms. The van der Waals surface area contributed by atoms with Gasteiger partial charge < -0.3 is 4.98 Å². The van der Waals surface area contributed by atoms with Crippen molar-refractivity contribution in [1.29, 1.82) is 0 Å². The van der Waals surface area contributed by atoms with E-state index in [1.807, 2.05) is 38.5 Å². The lowest BCUT2D eigenvalue weighted by Crippen LogP contribution is -2.42. The molecule has 18 heavy (non-hydrogen) atoms. The van der Waals surface area contributed by atoms with Gasteiger partial charge in [-0.3, -0.25) is 10.2 Å². The number of hydrazine groups is 1. The first-order valence-electron chi connectivity index (χ1n) is 6.18. The maximum Gasteiger partial charge on any atom is 0.244 e. The summed E-state index contributed by atoms with van der Waals surface area (Å²) in [4.78, 5) is 15.6. The van der Waals surface area contributed by atoms with Gasteiger partial charge in [0.05, 0.1) is 5.41 Å². The Morgan fingerprint density at radius 3 is 2.72 bits per heavy atom. The van der Waals surface area contributed by atoms with Crippen molar-refractivity contribution < 1.29 is 4.79 Å². The van der Waals surface area contributed by atoms with E-state index < -0.39 is 0 Å². The Balaban J connectivity index is 2.01. The molecule has 1 fully saturated rings. The van der Waals surface area contributed by atoms with E-state index in [1.165, 1.54) is 0 Å². The first-order valence-corrected chi connectivity index (χ1v) is 6.18. The van der Waals surface area contributed by atoms with Crippen LogP contribution in [0.2, 0.25) is 0 Å². The summed E-state index contributed by atoms with van der Waals surface area (Å²) < 4.78 is 0. The Kier molecular flexibility index (Phi) is 2.41. The topological polar surface area (TPSA) is 48.1 Å². The molecule has 1 amide bonds. The monoisotopic (exact) mass is 243 g/mol. The van der Waals surface area contributed by atoms with Gasteiger partial charge in [0.15, 0.2) is 0 Å². The molecule has 0 aliphatic heterocycles. The molecule has 4 heteroatoms. The summed E-state index contributed by atoms with van der Waals surface area (Å²) >= 11 is 0. The van der Waals surface area contributed by atoms with E-state index in [0.717, 1.165) is 29.3 Å². The largest absolute Gasteiger partial charge is 0.361 e. The zero-order chi connectivity index (χ0) is 12.8. The third-order valence-corrected chi connectivity index (χ3v) is 3.61. The van der Waals surface area contributed by atoms with Gasteiger partial charge in [0.25, 0.3) is 0 Å². The highest BCUT2D eigenvalue weighted by Gasteiger charge is 2.52. The Hall–Kier alpha value is -1.81. The van der Waals surface area contributed by atoms with E-state index in [4.69, 9.17) is 0 Å². The van der Waals surface area contributed by atoms with Crippen molar-refractivity contribution in [2.45, 2.75) is 18.3 Å². The van der Waals surface area contributed by atoms with Crippen LogP contribution in [-0.2, 0) is 10.2 Å². The van der Waals surface area contributed by atoms with Crippen LogP contribution in [0, 0.1) is 0 Å². The molecule has 94 valence electrons. The summed E-state index contributed by atoms with van der Waals surface area (Å²) in [5, 5.41) is 2.86. The van der Waals surface area contributed by atoms with Gasteiger partial charge in [-0.25, -0.2) is 5.01 Å². The van der Waals surface area contributed by atoms with Crippen LogP contribution in [0.1, 0.15) is 18.4 Å². The third kappa shape index (κ3) is 1.61. The number of H-pyrrole nitrogens is 1. The molecule has 0 spiro atoms. The second-order valence-electron chi connectivity index (χ2n) is 5.17. The zero-order valence-electron chi connectivity index (χ0n) is 10.7. The number of carbonyl (C=O) groups is 1. The van der Waals surface area contributed by atoms with E-state index in [0.29, 0.717) is 0 Å². The van der Waals surface area contributed by atoms with Crippen LogP contribution in [-0.4, -0.2) is 30.0 Å². The first-order chi connectivity index (χ1) is 8.63. The molecule has 1 aliphatic rings. The molecule has 2 aromatic rings. The predicted molar refractivity (Wildman–Crippen MR) is 71.0 cm³/mol. The maximum absolute atomic E-state index is 12.3. The van der Waals surface area contributed by atoms with E-state index in [9.17, 15) is 4.79 Å². The Bertz CT molecular complexity index is 596. The Morgan fingerprint density at radius 1 is 1.33 bits per heavy atom. The van der Waals surface area contributed by atoms with Crippen LogP contribution in [0.4, 0.5) is 0 Å². The van der Waals surface area contributed by atoms with Gasteiger partial charge in [0.1, 0.15) is 0 Å². The summed E-state index contributed by atoms with van der Waals surface area (Å²) in [6.07, 6.45) is 3.83. The molecule has 1 heterocycles. The smallest absolute Gasteiger partial charge is 0.244 e.